The molecule has 1 aliphatic heterocycles. The van der Waals surface area contributed by atoms with Crippen LogP contribution in [0.25, 0.3) is 16.5 Å². The van der Waals surface area contributed by atoms with Gasteiger partial charge in [0.1, 0.15) is 0 Å². The Morgan fingerprint density at radius 3 is 2.77 bits per heavy atom. The second-order valence-electron chi connectivity index (χ2n) is 7.27. The van der Waals surface area contributed by atoms with Crippen LogP contribution in [0.1, 0.15) is 31.7 Å². The van der Waals surface area contributed by atoms with Gasteiger partial charge in [0.2, 0.25) is 0 Å². The molecule has 0 saturated carbocycles. The average Bonchev–Trinajstić information content (AvgIpc) is 2.67. The van der Waals surface area contributed by atoms with Gasteiger partial charge in [0.05, 0.1) is 5.69 Å². The van der Waals surface area contributed by atoms with Crippen LogP contribution in [-0.2, 0) is 6.42 Å². The molecule has 1 atom stereocenters. The maximum Gasteiger partial charge on any atom is 0.271 e. The predicted octanol–water partition coefficient (Wildman–Crippen LogP) is 3.80. The minimum Gasteiger partial charge on any atom is -0.300 e. The van der Waals surface area contributed by atoms with Gasteiger partial charge in [-0.1, -0.05) is 30.7 Å². The summed E-state index contributed by atoms with van der Waals surface area (Å²) in [7, 11) is 0. The Balaban J connectivity index is 1.54. The molecule has 0 bridgehead atoms. The molecule has 0 N–H and O–H groups in total. The van der Waals surface area contributed by atoms with Crippen molar-refractivity contribution in [2.24, 2.45) is 0 Å². The van der Waals surface area contributed by atoms with Gasteiger partial charge in [-0.3, -0.25) is 4.79 Å². The lowest BCUT2D eigenvalue weighted by atomic mass is 10.0. The monoisotopic (exact) mass is 347 g/mol. The summed E-state index contributed by atoms with van der Waals surface area (Å²) in [4.78, 5) is 14.6. The molecule has 0 spiro atoms. The molecule has 1 aromatic heterocycles. The molecule has 3 aromatic rings. The minimum atomic E-state index is -0.112. The zero-order valence-corrected chi connectivity index (χ0v) is 15.3. The number of hydrogen-bond donors (Lipinski definition) is 0. The van der Waals surface area contributed by atoms with Crippen molar-refractivity contribution in [2.75, 3.05) is 13.1 Å². The SMILES string of the molecule is C[C@@H]1CCCCN1CCc1ccc2cc(-n3ncccc3=O)ccc2c1. The van der Waals surface area contributed by atoms with Crippen molar-refractivity contribution in [1.29, 1.82) is 0 Å². The first-order valence-corrected chi connectivity index (χ1v) is 9.52. The van der Waals surface area contributed by atoms with Crippen molar-refractivity contribution in [3.8, 4) is 5.69 Å². The van der Waals surface area contributed by atoms with Crippen molar-refractivity contribution < 1.29 is 0 Å². The van der Waals surface area contributed by atoms with Crippen LogP contribution in [0.4, 0.5) is 0 Å². The molecule has 4 heteroatoms. The van der Waals surface area contributed by atoms with E-state index >= 15 is 0 Å². The molecule has 134 valence electrons. The van der Waals surface area contributed by atoms with E-state index in [2.05, 4.69) is 41.2 Å². The molecule has 0 amide bonds. The van der Waals surface area contributed by atoms with Crippen molar-refractivity contribution in [2.45, 2.75) is 38.6 Å². The molecular formula is C22H25N3O. The summed E-state index contributed by atoms with van der Waals surface area (Å²) in [5, 5.41) is 6.50. The van der Waals surface area contributed by atoms with Gasteiger partial charge in [0.15, 0.2) is 0 Å². The van der Waals surface area contributed by atoms with E-state index < -0.39 is 0 Å². The zero-order chi connectivity index (χ0) is 17.9. The number of fused-ring (bicyclic) bond motifs is 1. The highest BCUT2D eigenvalue weighted by atomic mass is 16.1. The molecule has 0 aliphatic carbocycles. The third-order valence-electron chi connectivity index (χ3n) is 5.48. The molecule has 2 aromatic carbocycles. The van der Waals surface area contributed by atoms with E-state index in [9.17, 15) is 4.79 Å². The van der Waals surface area contributed by atoms with E-state index in [0.717, 1.165) is 24.0 Å². The van der Waals surface area contributed by atoms with E-state index in [1.807, 2.05) is 12.1 Å². The van der Waals surface area contributed by atoms with Crippen LogP contribution in [0, 0.1) is 0 Å². The Morgan fingerprint density at radius 1 is 1.08 bits per heavy atom. The molecule has 0 radical (unpaired) electrons. The van der Waals surface area contributed by atoms with Crippen molar-refractivity contribution in [3.05, 3.63) is 70.6 Å². The molecule has 1 aliphatic rings. The van der Waals surface area contributed by atoms with E-state index in [1.165, 1.54) is 47.5 Å². The summed E-state index contributed by atoms with van der Waals surface area (Å²) in [5.41, 5.74) is 2.06. The summed E-state index contributed by atoms with van der Waals surface area (Å²) in [5.74, 6) is 0. The maximum atomic E-state index is 12.0. The van der Waals surface area contributed by atoms with Gasteiger partial charge >= 0.3 is 0 Å². The Kier molecular flexibility index (Phi) is 4.85. The molecule has 4 nitrogen and oxygen atoms in total. The van der Waals surface area contributed by atoms with Crippen LogP contribution in [0.2, 0.25) is 0 Å². The highest BCUT2D eigenvalue weighted by Gasteiger charge is 2.17. The number of aromatic nitrogens is 2. The van der Waals surface area contributed by atoms with Gasteiger partial charge in [0, 0.05) is 24.8 Å². The van der Waals surface area contributed by atoms with E-state index in [-0.39, 0.29) is 5.56 Å². The van der Waals surface area contributed by atoms with Gasteiger partial charge in [-0.15, -0.1) is 0 Å². The number of nitrogens with zero attached hydrogens (tertiary/aromatic N) is 3. The van der Waals surface area contributed by atoms with Gasteiger partial charge in [-0.2, -0.15) is 9.78 Å². The summed E-state index contributed by atoms with van der Waals surface area (Å²) < 4.78 is 1.44. The topological polar surface area (TPSA) is 38.1 Å². The fraction of sp³-hybridized carbons (Fsp3) is 0.364. The fourth-order valence-corrected chi connectivity index (χ4v) is 3.88. The number of rotatable bonds is 4. The molecule has 0 unspecified atom stereocenters. The van der Waals surface area contributed by atoms with Crippen LogP contribution in [0.5, 0.6) is 0 Å². The van der Waals surface area contributed by atoms with Gasteiger partial charge in [-0.05, 0) is 67.3 Å². The summed E-state index contributed by atoms with van der Waals surface area (Å²) in [6.45, 7) is 4.71. The first-order chi connectivity index (χ1) is 12.7. The van der Waals surface area contributed by atoms with Crippen LogP contribution in [0.15, 0.2) is 59.5 Å². The van der Waals surface area contributed by atoms with E-state index in [0.29, 0.717) is 6.04 Å². The first-order valence-electron chi connectivity index (χ1n) is 9.52. The Hall–Kier alpha value is -2.46. The Bertz CT molecular complexity index is 963. The van der Waals surface area contributed by atoms with Gasteiger partial charge in [-0.25, -0.2) is 0 Å². The van der Waals surface area contributed by atoms with Crippen LogP contribution < -0.4 is 5.56 Å². The average molecular weight is 347 g/mol. The quantitative estimate of drug-likeness (QED) is 0.720. The van der Waals surface area contributed by atoms with Crippen molar-refractivity contribution in [3.63, 3.8) is 0 Å². The number of piperidine rings is 1. The fourth-order valence-electron chi connectivity index (χ4n) is 3.88. The Morgan fingerprint density at radius 2 is 1.92 bits per heavy atom. The number of hydrogen-bond acceptors (Lipinski definition) is 3. The summed E-state index contributed by atoms with van der Waals surface area (Å²) in [6.07, 6.45) is 6.75. The molecule has 26 heavy (non-hydrogen) atoms. The highest BCUT2D eigenvalue weighted by Crippen LogP contribution is 2.21. The van der Waals surface area contributed by atoms with Crippen LogP contribution in [-0.4, -0.2) is 33.8 Å². The molecule has 1 saturated heterocycles. The van der Waals surface area contributed by atoms with Gasteiger partial charge < -0.3 is 4.90 Å². The lowest BCUT2D eigenvalue weighted by Crippen LogP contribution is -2.38. The molecule has 2 heterocycles. The van der Waals surface area contributed by atoms with E-state index in [4.69, 9.17) is 0 Å². The lowest BCUT2D eigenvalue weighted by molar-refractivity contribution is 0.163. The highest BCUT2D eigenvalue weighted by molar-refractivity contribution is 5.85. The normalized spacial score (nSPS) is 18.3. The first kappa shape index (κ1) is 17.0. The standard InChI is InChI=1S/C22H25N3O/c1-17-5-2-3-13-24(17)14-11-18-7-8-20-16-21(10-9-19(20)15-18)25-22(26)6-4-12-23-25/h4,6-10,12,15-17H,2-3,5,11,13-14H2,1H3/t17-/m1/s1. The number of likely N-dealkylation sites (tertiary alicyclic amines) is 1. The zero-order valence-electron chi connectivity index (χ0n) is 15.3. The third-order valence-corrected chi connectivity index (χ3v) is 5.48. The predicted molar refractivity (Wildman–Crippen MR) is 106 cm³/mol. The molecular weight excluding hydrogens is 322 g/mol. The number of benzene rings is 2. The summed E-state index contributed by atoms with van der Waals surface area (Å²) in [6, 6.07) is 16.6. The molecule has 1 fully saturated rings. The second kappa shape index (κ2) is 7.42. The summed E-state index contributed by atoms with van der Waals surface area (Å²) >= 11 is 0. The Labute approximate surface area is 154 Å². The minimum absolute atomic E-state index is 0.112. The maximum absolute atomic E-state index is 12.0. The van der Waals surface area contributed by atoms with Crippen LogP contribution >= 0.6 is 0 Å². The smallest absolute Gasteiger partial charge is 0.271 e. The van der Waals surface area contributed by atoms with Crippen molar-refractivity contribution in [1.82, 2.24) is 14.7 Å². The van der Waals surface area contributed by atoms with Crippen molar-refractivity contribution >= 4 is 10.8 Å². The molecule has 4 rings (SSSR count). The largest absolute Gasteiger partial charge is 0.300 e. The second-order valence-corrected chi connectivity index (χ2v) is 7.27. The van der Waals surface area contributed by atoms with Crippen LogP contribution in [0.3, 0.4) is 0 Å². The lowest BCUT2D eigenvalue weighted by Gasteiger charge is -2.33. The third kappa shape index (κ3) is 3.56. The van der Waals surface area contributed by atoms with E-state index in [1.54, 1.807) is 12.3 Å². The van der Waals surface area contributed by atoms with Gasteiger partial charge in [0.25, 0.3) is 5.56 Å².